The molecule has 0 aliphatic carbocycles. The number of ketones is 1. The third-order valence-electron chi connectivity index (χ3n) is 1.88. The SMILES string of the molecule is COc1ccc(C(=O)C=P(C)(C)C)cc1. The molecule has 0 fully saturated rings. The average molecular weight is 224 g/mol. The van der Waals surface area contributed by atoms with Crippen LogP contribution >= 0.6 is 6.89 Å². The number of carbonyl (C=O) groups excluding carboxylic acids is 1. The molecule has 15 heavy (non-hydrogen) atoms. The van der Waals surface area contributed by atoms with Gasteiger partial charge in [-0.3, -0.25) is 4.79 Å². The van der Waals surface area contributed by atoms with Crippen molar-refractivity contribution in [1.82, 2.24) is 0 Å². The van der Waals surface area contributed by atoms with Crippen LogP contribution in [0.2, 0.25) is 0 Å². The normalized spacial score (nSPS) is 10.9. The Morgan fingerprint density at radius 1 is 1.20 bits per heavy atom. The van der Waals surface area contributed by atoms with Gasteiger partial charge in [0.2, 0.25) is 0 Å². The average Bonchev–Trinajstić information content (AvgIpc) is 2.15. The third-order valence-corrected chi connectivity index (χ3v) is 2.89. The van der Waals surface area contributed by atoms with Crippen LogP contribution < -0.4 is 4.74 Å². The molecule has 0 aliphatic heterocycles. The predicted octanol–water partition coefficient (Wildman–Crippen LogP) is 2.59. The first-order valence-electron chi connectivity index (χ1n) is 4.78. The van der Waals surface area contributed by atoms with Crippen molar-refractivity contribution < 1.29 is 9.53 Å². The molecule has 0 saturated carbocycles. The van der Waals surface area contributed by atoms with Gasteiger partial charge in [0, 0.05) is 5.56 Å². The Morgan fingerprint density at radius 2 is 1.73 bits per heavy atom. The lowest BCUT2D eigenvalue weighted by Crippen LogP contribution is -2.01. The van der Waals surface area contributed by atoms with Gasteiger partial charge >= 0.3 is 0 Å². The van der Waals surface area contributed by atoms with Crippen LogP contribution in [0.3, 0.4) is 0 Å². The maximum absolute atomic E-state index is 11.8. The molecule has 82 valence electrons. The minimum Gasteiger partial charge on any atom is -0.497 e. The molecule has 2 nitrogen and oxygen atoms in total. The molecule has 0 N–H and O–H groups in total. The van der Waals surface area contributed by atoms with E-state index in [1.165, 1.54) is 0 Å². The van der Waals surface area contributed by atoms with Crippen molar-refractivity contribution in [3.05, 3.63) is 29.8 Å². The predicted molar refractivity (Wildman–Crippen MR) is 68.1 cm³/mol. The van der Waals surface area contributed by atoms with Crippen LogP contribution in [0.15, 0.2) is 24.3 Å². The van der Waals surface area contributed by atoms with E-state index in [9.17, 15) is 4.79 Å². The van der Waals surface area contributed by atoms with E-state index < -0.39 is 6.89 Å². The van der Waals surface area contributed by atoms with Crippen LogP contribution in [0.4, 0.5) is 0 Å². The number of benzene rings is 1. The third kappa shape index (κ3) is 3.93. The molecule has 0 aliphatic rings. The van der Waals surface area contributed by atoms with Crippen LogP contribution in [0, 0.1) is 0 Å². The number of carbonyl (C=O) groups is 1. The van der Waals surface area contributed by atoms with E-state index in [1.807, 2.05) is 17.9 Å². The molecular formula is C12H17O2P. The second-order valence-electron chi connectivity index (χ2n) is 4.34. The Labute approximate surface area is 91.2 Å². The Morgan fingerprint density at radius 3 is 2.13 bits per heavy atom. The molecule has 3 heteroatoms. The Balaban J connectivity index is 2.94. The van der Waals surface area contributed by atoms with E-state index in [1.54, 1.807) is 19.2 Å². The van der Waals surface area contributed by atoms with E-state index >= 15 is 0 Å². The lowest BCUT2D eigenvalue weighted by molar-refractivity contribution is 0.107. The number of methoxy groups -OCH3 is 1. The minimum absolute atomic E-state index is 0.110. The van der Waals surface area contributed by atoms with Crippen LogP contribution in [0.1, 0.15) is 10.4 Å². The summed E-state index contributed by atoms with van der Waals surface area (Å²) in [5.41, 5.74) is 0.728. The number of Topliss-reactive ketones (excluding diaryl/α,β-unsaturated/α-hetero) is 1. The molecule has 0 bridgehead atoms. The van der Waals surface area contributed by atoms with Crippen molar-refractivity contribution >= 4 is 18.5 Å². The Bertz CT molecular complexity index is 390. The van der Waals surface area contributed by atoms with Crippen LogP contribution in [0.5, 0.6) is 5.75 Å². The Kier molecular flexibility index (Phi) is 3.76. The van der Waals surface area contributed by atoms with E-state index in [4.69, 9.17) is 4.74 Å². The summed E-state index contributed by atoms with van der Waals surface area (Å²) in [6.07, 6.45) is 0. The summed E-state index contributed by atoms with van der Waals surface area (Å²) in [7, 11) is 1.61. The van der Waals surface area contributed by atoms with Crippen molar-refractivity contribution in [2.24, 2.45) is 0 Å². The van der Waals surface area contributed by atoms with Crippen molar-refractivity contribution in [3.63, 3.8) is 0 Å². The highest BCUT2D eigenvalue weighted by Gasteiger charge is 2.05. The summed E-state index contributed by atoms with van der Waals surface area (Å²) in [5, 5.41) is 0. The van der Waals surface area contributed by atoms with Gasteiger partial charge in [-0.25, -0.2) is 0 Å². The molecule has 0 unspecified atom stereocenters. The molecule has 0 radical (unpaired) electrons. The summed E-state index contributed by atoms with van der Waals surface area (Å²) < 4.78 is 5.04. The highest BCUT2D eigenvalue weighted by atomic mass is 31.2. The molecule has 0 atom stereocenters. The summed E-state index contributed by atoms with van der Waals surface area (Å²) in [4.78, 5) is 11.8. The Hall–Kier alpha value is -1.01. The first-order chi connectivity index (χ1) is 6.92. The summed E-state index contributed by atoms with van der Waals surface area (Å²) in [6, 6.07) is 7.21. The second-order valence-corrected chi connectivity index (χ2v) is 8.83. The fraction of sp³-hybridized carbons (Fsp3) is 0.333. The highest BCUT2D eigenvalue weighted by molar-refractivity contribution is 7.74. The van der Waals surface area contributed by atoms with Gasteiger partial charge in [-0.05, 0) is 50.1 Å². The molecule has 1 rings (SSSR count). The van der Waals surface area contributed by atoms with Crippen LogP contribution in [-0.2, 0) is 0 Å². The highest BCUT2D eigenvalue weighted by Crippen LogP contribution is 2.31. The first-order valence-corrected chi connectivity index (χ1v) is 7.98. The quantitative estimate of drug-likeness (QED) is 0.582. The standard InChI is InChI=1S/C12H17O2P/c1-14-11-7-5-10(6-8-11)12(13)9-15(2,3)4/h5-9H,1-4H3. The number of rotatable bonds is 3. The molecule has 1 aromatic rings. The van der Waals surface area contributed by atoms with Gasteiger partial charge in [-0.1, -0.05) is 0 Å². The van der Waals surface area contributed by atoms with E-state index in [-0.39, 0.29) is 5.78 Å². The fourth-order valence-electron chi connectivity index (χ4n) is 1.18. The zero-order chi connectivity index (χ0) is 11.5. The smallest absolute Gasteiger partial charge is 0.185 e. The zero-order valence-electron chi connectivity index (χ0n) is 9.65. The zero-order valence-corrected chi connectivity index (χ0v) is 10.5. The molecule has 0 spiro atoms. The lowest BCUT2D eigenvalue weighted by atomic mass is 10.1. The fourth-order valence-corrected chi connectivity index (χ4v) is 2.03. The van der Waals surface area contributed by atoms with Gasteiger partial charge in [0.25, 0.3) is 0 Å². The number of ether oxygens (including phenoxy) is 1. The van der Waals surface area contributed by atoms with Crippen molar-refractivity contribution in [3.8, 4) is 5.75 Å². The van der Waals surface area contributed by atoms with Crippen molar-refractivity contribution in [1.29, 1.82) is 0 Å². The summed E-state index contributed by atoms with van der Waals surface area (Å²) >= 11 is 0. The molecule has 0 aromatic heterocycles. The summed E-state index contributed by atoms with van der Waals surface area (Å²) in [6.45, 7) is 5.20. The monoisotopic (exact) mass is 224 g/mol. The van der Waals surface area contributed by atoms with Gasteiger partial charge in [0.05, 0.1) is 7.11 Å². The van der Waals surface area contributed by atoms with Gasteiger partial charge in [0.1, 0.15) is 5.75 Å². The van der Waals surface area contributed by atoms with Crippen LogP contribution in [-0.4, -0.2) is 38.7 Å². The van der Waals surface area contributed by atoms with E-state index in [0.29, 0.717) is 0 Å². The maximum Gasteiger partial charge on any atom is 0.185 e. The number of hydrogen-bond donors (Lipinski definition) is 0. The van der Waals surface area contributed by atoms with Gasteiger partial charge in [-0.2, -0.15) is 0 Å². The van der Waals surface area contributed by atoms with Crippen molar-refractivity contribution in [2.75, 3.05) is 27.1 Å². The van der Waals surface area contributed by atoms with Crippen LogP contribution in [0.25, 0.3) is 0 Å². The van der Waals surface area contributed by atoms with Gasteiger partial charge in [0.15, 0.2) is 5.78 Å². The molecular weight excluding hydrogens is 207 g/mol. The van der Waals surface area contributed by atoms with Gasteiger partial charge < -0.3 is 4.74 Å². The second kappa shape index (κ2) is 4.67. The van der Waals surface area contributed by atoms with Crippen molar-refractivity contribution in [2.45, 2.75) is 0 Å². The summed E-state index contributed by atoms with van der Waals surface area (Å²) in [5.74, 6) is 2.73. The minimum atomic E-state index is -1.16. The largest absolute Gasteiger partial charge is 0.497 e. The molecule has 1 aromatic carbocycles. The molecule has 0 amide bonds. The number of hydrogen-bond acceptors (Lipinski definition) is 2. The maximum atomic E-state index is 11.8. The van der Waals surface area contributed by atoms with Gasteiger partial charge in [-0.15, -0.1) is 6.89 Å². The van der Waals surface area contributed by atoms with E-state index in [2.05, 4.69) is 20.0 Å². The first kappa shape index (κ1) is 12.1. The molecule has 0 saturated heterocycles. The topological polar surface area (TPSA) is 26.3 Å². The van der Waals surface area contributed by atoms with E-state index in [0.717, 1.165) is 11.3 Å². The molecule has 0 heterocycles. The lowest BCUT2D eigenvalue weighted by Gasteiger charge is -2.06.